The number of methoxy groups -OCH3 is 1. The van der Waals surface area contributed by atoms with Crippen LogP contribution in [-0.2, 0) is 4.74 Å². The first-order valence-electron chi connectivity index (χ1n) is 10.8. The van der Waals surface area contributed by atoms with Crippen LogP contribution in [0, 0.1) is 0 Å². The number of nitrogens with zero attached hydrogens (tertiary/aromatic N) is 2. The van der Waals surface area contributed by atoms with Crippen molar-refractivity contribution in [2.75, 3.05) is 7.11 Å². The molecule has 1 fully saturated rings. The monoisotopic (exact) mass is 452 g/mol. The van der Waals surface area contributed by atoms with E-state index in [0.29, 0.717) is 5.56 Å². The average Bonchev–Trinajstić information content (AvgIpc) is 3.17. The van der Waals surface area contributed by atoms with Gasteiger partial charge >= 0.3 is 0 Å². The molecule has 5 nitrogen and oxygen atoms in total. The highest BCUT2D eigenvalue weighted by Crippen LogP contribution is 2.44. The Labute approximate surface area is 194 Å². The van der Waals surface area contributed by atoms with Gasteiger partial charge in [-0.05, 0) is 82.5 Å². The second kappa shape index (κ2) is 8.38. The molecule has 0 bridgehead atoms. The van der Waals surface area contributed by atoms with Crippen molar-refractivity contribution >= 4 is 16.8 Å². The van der Waals surface area contributed by atoms with Crippen LogP contribution in [-0.4, -0.2) is 33.3 Å². The molecule has 0 unspecified atom stereocenters. The predicted molar refractivity (Wildman–Crippen MR) is 127 cm³/mol. The van der Waals surface area contributed by atoms with Gasteiger partial charge in [-0.15, -0.1) is 0 Å². The van der Waals surface area contributed by atoms with Crippen LogP contribution in [0.1, 0.15) is 62.5 Å². The van der Waals surface area contributed by atoms with Crippen molar-refractivity contribution in [2.24, 2.45) is 0 Å². The lowest BCUT2D eigenvalue weighted by atomic mass is 9.79. The second-order valence-corrected chi connectivity index (χ2v) is 9.96. The Balaban J connectivity index is 1.84. The SMILES string of the molecule is COc1ccccc1-n1nc(C2CC(C)(C)OC(C)(C)C2)cc1-c1ccc(C(=O)Cl)cc1. The first kappa shape index (κ1) is 22.6. The lowest BCUT2D eigenvalue weighted by Gasteiger charge is -2.45. The Morgan fingerprint density at radius 1 is 1.06 bits per heavy atom. The highest BCUT2D eigenvalue weighted by molar-refractivity contribution is 6.67. The number of carbonyl (C=O) groups is 1. The quantitative estimate of drug-likeness (QED) is 0.421. The summed E-state index contributed by atoms with van der Waals surface area (Å²) in [5.74, 6) is 0.996. The van der Waals surface area contributed by atoms with E-state index in [2.05, 4.69) is 33.8 Å². The van der Waals surface area contributed by atoms with Crippen LogP contribution in [0.4, 0.5) is 0 Å². The van der Waals surface area contributed by atoms with Crippen molar-refractivity contribution in [2.45, 2.75) is 57.7 Å². The minimum atomic E-state index is -0.470. The van der Waals surface area contributed by atoms with Crippen molar-refractivity contribution in [1.82, 2.24) is 9.78 Å². The number of hydrogen-bond donors (Lipinski definition) is 0. The number of aromatic nitrogens is 2. The fraction of sp³-hybridized carbons (Fsp3) is 0.385. The van der Waals surface area contributed by atoms with Gasteiger partial charge in [0, 0.05) is 17.0 Å². The summed E-state index contributed by atoms with van der Waals surface area (Å²) < 4.78 is 13.8. The zero-order valence-electron chi connectivity index (χ0n) is 19.2. The number of ether oxygens (including phenoxy) is 2. The van der Waals surface area contributed by atoms with Crippen LogP contribution >= 0.6 is 11.6 Å². The summed E-state index contributed by atoms with van der Waals surface area (Å²) in [5, 5.41) is 4.60. The maximum Gasteiger partial charge on any atom is 0.252 e. The first-order valence-corrected chi connectivity index (χ1v) is 11.2. The highest BCUT2D eigenvalue weighted by Gasteiger charge is 2.41. The topological polar surface area (TPSA) is 53.4 Å². The van der Waals surface area contributed by atoms with E-state index < -0.39 is 5.24 Å². The van der Waals surface area contributed by atoms with Gasteiger partial charge in [-0.3, -0.25) is 4.79 Å². The molecule has 0 aliphatic carbocycles. The van der Waals surface area contributed by atoms with E-state index >= 15 is 0 Å². The molecule has 0 radical (unpaired) electrons. The Bertz CT molecular complexity index is 1120. The Hall–Kier alpha value is -2.63. The molecule has 0 amide bonds. The number of hydrogen-bond acceptors (Lipinski definition) is 4. The predicted octanol–water partition coefficient (Wildman–Crippen LogP) is 6.38. The minimum absolute atomic E-state index is 0.233. The van der Waals surface area contributed by atoms with Gasteiger partial charge in [-0.25, -0.2) is 4.68 Å². The van der Waals surface area contributed by atoms with E-state index in [0.717, 1.165) is 41.2 Å². The van der Waals surface area contributed by atoms with E-state index in [1.807, 2.05) is 41.1 Å². The number of benzene rings is 2. The van der Waals surface area contributed by atoms with Gasteiger partial charge in [0.05, 0.1) is 29.7 Å². The third kappa shape index (κ3) is 4.59. The summed E-state index contributed by atoms with van der Waals surface area (Å²) in [6.07, 6.45) is 1.77. The molecule has 1 aliphatic heterocycles. The van der Waals surface area contributed by atoms with Gasteiger partial charge in [0.15, 0.2) is 0 Å². The molecule has 1 aromatic heterocycles. The minimum Gasteiger partial charge on any atom is -0.494 e. The molecular weight excluding hydrogens is 424 g/mol. The number of halogens is 1. The third-order valence-electron chi connectivity index (χ3n) is 5.90. The molecule has 4 rings (SSSR count). The summed E-state index contributed by atoms with van der Waals surface area (Å²) in [4.78, 5) is 11.5. The zero-order valence-corrected chi connectivity index (χ0v) is 19.9. The molecule has 3 aromatic rings. The Kier molecular flexibility index (Phi) is 5.91. The molecule has 1 aliphatic rings. The van der Waals surface area contributed by atoms with Crippen molar-refractivity contribution in [1.29, 1.82) is 0 Å². The standard InChI is InChI=1S/C26H29ClN2O3/c1-25(2)15-19(16-26(3,4)32-25)20-14-22(17-10-12-18(13-11-17)24(27)30)29(28-20)21-8-6-7-9-23(21)31-5/h6-14,19H,15-16H2,1-5H3. The summed E-state index contributed by atoms with van der Waals surface area (Å²) in [6, 6.07) is 17.3. The number of rotatable bonds is 5. The molecule has 0 spiro atoms. The third-order valence-corrected chi connectivity index (χ3v) is 6.11. The summed E-state index contributed by atoms with van der Waals surface area (Å²) >= 11 is 5.64. The molecule has 2 heterocycles. The maximum atomic E-state index is 11.5. The first-order chi connectivity index (χ1) is 15.1. The normalized spacial score (nSPS) is 17.8. The van der Waals surface area contributed by atoms with Gasteiger partial charge in [0.2, 0.25) is 0 Å². The van der Waals surface area contributed by atoms with E-state index in [9.17, 15) is 4.79 Å². The van der Waals surface area contributed by atoms with Crippen LogP contribution in [0.15, 0.2) is 54.6 Å². The van der Waals surface area contributed by atoms with Gasteiger partial charge in [0.25, 0.3) is 5.24 Å². The molecule has 0 saturated carbocycles. The van der Waals surface area contributed by atoms with Crippen molar-refractivity contribution < 1.29 is 14.3 Å². The number of para-hydroxylation sites is 2. The van der Waals surface area contributed by atoms with Crippen molar-refractivity contribution in [3.63, 3.8) is 0 Å². The number of carbonyl (C=O) groups excluding carboxylic acids is 1. The van der Waals surface area contributed by atoms with Crippen molar-refractivity contribution in [3.05, 3.63) is 65.9 Å². The van der Waals surface area contributed by atoms with E-state index in [-0.39, 0.29) is 17.1 Å². The van der Waals surface area contributed by atoms with Crippen molar-refractivity contribution in [3.8, 4) is 22.7 Å². The van der Waals surface area contributed by atoms with Crippen LogP contribution < -0.4 is 4.74 Å². The zero-order chi connectivity index (χ0) is 23.1. The Morgan fingerprint density at radius 2 is 1.69 bits per heavy atom. The molecule has 0 N–H and O–H groups in total. The molecule has 2 aromatic carbocycles. The summed E-state index contributed by atoms with van der Waals surface area (Å²) in [6.45, 7) is 8.56. The molecular formula is C26H29ClN2O3. The molecule has 6 heteroatoms. The van der Waals surface area contributed by atoms with E-state index in [4.69, 9.17) is 26.2 Å². The molecule has 0 atom stereocenters. The summed E-state index contributed by atoms with van der Waals surface area (Å²) in [5.41, 5.74) is 3.76. The lowest BCUT2D eigenvalue weighted by molar-refractivity contribution is -0.162. The molecule has 168 valence electrons. The van der Waals surface area contributed by atoms with Gasteiger partial charge < -0.3 is 9.47 Å². The van der Waals surface area contributed by atoms with Crippen LogP contribution in [0.25, 0.3) is 16.9 Å². The van der Waals surface area contributed by atoms with Gasteiger partial charge in [0.1, 0.15) is 11.4 Å². The largest absolute Gasteiger partial charge is 0.494 e. The van der Waals surface area contributed by atoms with Crippen LogP contribution in [0.3, 0.4) is 0 Å². The van der Waals surface area contributed by atoms with E-state index in [1.165, 1.54) is 0 Å². The van der Waals surface area contributed by atoms with Crippen LogP contribution in [0.5, 0.6) is 5.75 Å². The van der Waals surface area contributed by atoms with Gasteiger partial charge in [-0.2, -0.15) is 5.10 Å². The molecule has 32 heavy (non-hydrogen) atoms. The fourth-order valence-corrected chi connectivity index (χ4v) is 4.99. The van der Waals surface area contributed by atoms with E-state index in [1.54, 1.807) is 19.2 Å². The Morgan fingerprint density at radius 3 is 2.28 bits per heavy atom. The highest BCUT2D eigenvalue weighted by atomic mass is 35.5. The summed E-state index contributed by atoms with van der Waals surface area (Å²) in [7, 11) is 1.66. The second-order valence-electron chi connectivity index (χ2n) is 9.62. The fourth-order valence-electron chi connectivity index (χ4n) is 4.86. The lowest BCUT2D eigenvalue weighted by Crippen LogP contribution is -2.44. The van der Waals surface area contributed by atoms with Crippen LogP contribution in [0.2, 0.25) is 0 Å². The van der Waals surface area contributed by atoms with Gasteiger partial charge in [-0.1, -0.05) is 24.3 Å². The molecule has 1 saturated heterocycles. The average molecular weight is 453 g/mol. The maximum absolute atomic E-state index is 11.5. The smallest absolute Gasteiger partial charge is 0.252 e.